The van der Waals surface area contributed by atoms with Gasteiger partial charge in [-0.05, 0) is 24.3 Å². The lowest BCUT2D eigenvalue weighted by molar-refractivity contribution is -0.156. The highest BCUT2D eigenvalue weighted by Crippen LogP contribution is 2.20. The van der Waals surface area contributed by atoms with Crippen molar-refractivity contribution in [1.82, 2.24) is 9.21 Å². The van der Waals surface area contributed by atoms with Crippen LogP contribution in [0.3, 0.4) is 0 Å². The van der Waals surface area contributed by atoms with E-state index in [4.69, 9.17) is 4.74 Å². The van der Waals surface area contributed by atoms with E-state index in [-0.39, 0.29) is 18.4 Å². The van der Waals surface area contributed by atoms with Gasteiger partial charge in [-0.2, -0.15) is 0 Å². The number of rotatable bonds is 6. The SMILES string of the molecule is CN(Cc1cccs1)C(=O)COC(=O)C1CCN(S(C)(=O)=O)CC1. The summed E-state index contributed by atoms with van der Waals surface area (Å²) in [4.78, 5) is 26.6. The average molecular weight is 374 g/mol. The number of likely N-dealkylation sites (N-methyl/N-ethyl adjacent to an activating group) is 1. The summed E-state index contributed by atoms with van der Waals surface area (Å²) < 4.78 is 29.4. The minimum absolute atomic E-state index is 0.259. The minimum Gasteiger partial charge on any atom is -0.455 e. The van der Waals surface area contributed by atoms with Crippen LogP contribution in [0.5, 0.6) is 0 Å². The highest BCUT2D eigenvalue weighted by atomic mass is 32.2. The fraction of sp³-hybridized carbons (Fsp3) is 0.600. The van der Waals surface area contributed by atoms with Crippen molar-refractivity contribution in [2.24, 2.45) is 5.92 Å². The van der Waals surface area contributed by atoms with Crippen molar-refractivity contribution in [1.29, 1.82) is 0 Å². The highest BCUT2D eigenvalue weighted by molar-refractivity contribution is 7.88. The van der Waals surface area contributed by atoms with Gasteiger partial charge in [-0.1, -0.05) is 6.07 Å². The van der Waals surface area contributed by atoms with E-state index in [9.17, 15) is 18.0 Å². The molecule has 1 aromatic heterocycles. The normalized spacial score (nSPS) is 16.8. The third kappa shape index (κ3) is 5.29. The van der Waals surface area contributed by atoms with Gasteiger partial charge in [0.1, 0.15) is 0 Å². The van der Waals surface area contributed by atoms with Crippen LogP contribution in [0.4, 0.5) is 0 Å². The topological polar surface area (TPSA) is 84.0 Å². The Morgan fingerprint density at radius 1 is 1.38 bits per heavy atom. The van der Waals surface area contributed by atoms with E-state index >= 15 is 0 Å². The molecule has 0 bridgehead atoms. The van der Waals surface area contributed by atoms with Crippen molar-refractivity contribution in [2.75, 3.05) is 33.0 Å². The van der Waals surface area contributed by atoms with E-state index in [1.165, 1.54) is 9.21 Å². The number of esters is 1. The van der Waals surface area contributed by atoms with Gasteiger partial charge in [0.2, 0.25) is 10.0 Å². The molecule has 1 aromatic rings. The summed E-state index contributed by atoms with van der Waals surface area (Å²) in [6.07, 6.45) is 2.00. The number of sulfonamides is 1. The molecule has 0 saturated carbocycles. The Hall–Kier alpha value is -1.45. The van der Waals surface area contributed by atoms with Crippen LogP contribution in [0.1, 0.15) is 17.7 Å². The lowest BCUT2D eigenvalue weighted by atomic mass is 9.98. The molecule has 0 spiro atoms. The highest BCUT2D eigenvalue weighted by Gasteiger charge is 2.30. The number of hydrogen-bond acceptors (Lipinski definition) is 6. The fourth-order valence-corrected chi connectivity index (χ4v) is 4.14. The van der Waals surface area contributed by atoms with Crippen molar-refractivity contribution in [3.8, 4) is 0 Å². The van der Waals surface area contributed by atoms with Crippen molar-refractivity contribution in [3.63, 3.8) is 0 Å². The standard InChI is InChI=1S/C15H22N2O5S2/c1-16(10-13-4-3-9-23-13)14(18)11-22-15(19)12-5-7-17(8-6-12)24(2,20)21/h3-4,9,12H,5-8,10-11H2,1-2H3. The van der Waals surface area contributed by atoms with E-state index < -0.39 is 16.0 Å². The molecule has 0 unspecified atom stereocenters. The predicted molar refractivity (Wildman–Crippen MR) is 90.9 cm³/mol. The minimum atomic E-state index is -3.22. The molecule has 134 valence electrons. The number of ether oxygens (including phenoxy) is 1. The Balaban J connectivity index is 1.74. The van der Waals surface area contributed by atoms with E-state index in [1.807, 2.05) is 17.5 Å². The van der Waals surface area contributed by atoms with Gasteiger partial charge in [-0.15, -0.1) is 11.3 Å². The summed E-state index contributed by atoms with van der Waals surface area (Å²) >= 11 is 1.56. The summed E-state index contributed by atoms with van der Waals surface area (Å²) in [6, 6.07) is 3.86. The summed E-state index contributed by atoms with van der Waals surface area (Å²) in [6.45, 7) is 0.823. The first-order valence-corrected chi connectivity index (χ1v) is 10.4. The average Bonchev–Trinajstić information content (AvgIpc) is 3.04. The Morgan fingerprint density at radius 2 is 2.04 bits per heavy atom. The third-order valence-electron chi connectivity index (χ3n) is 3.99. The summed E-state index contributed by atoms with van der Waals surface area (Å²) in [7, 11) is -1.55. The van der Waals surface area contributed by atoms with Gasteiger partial charge in [0.15, 0.2) is 6.61 Å². The molecule has 9 heteroatoms. The second-order valence-electron chi connectivity index (χ2n) is 5.87. The molecular formula is C15H22N2O5S2. The molecule has 0 N–H and O–H groups in total. The second kappa shape index (κ2) is 8.09. The molecule has 2 rings (SSSR count). The number of hydrogen-bond donors (Lipinski definition) is 0. The number of thiophene rings is 1. The van der Waals surface area contributed by atoms with Crippen LogP contribution in [0, 0.1) is 5.92 Å². The lowest BCUT2D eigenvalue weighted by Gasteiger charge is -2.29. The molecule has 2 heterocycles. The number of piperidine rings is 1. The van der Waals surface area contributed by atoms with Crippen molar-refractivity contribution < 1.29 is 22.7 Å². The molecule has 0 atom stereocenters. The predicted octanol–water partition coefficient (Wildman–Crippen LogP) is 0.921. The largest absolute Gasteiger partial charge is 0.455 e. The van der Waals surface area contributed by atoms with Crippen molar-refractivity contribution in [2.45, 2.75) is 19.4 Å². The fourth-order valence-electron chi connectivity index (χ4n) is 2.51. The van der Waals surface area contributed by atoms with Crippen LogP contribution in [0.25, 0.3) is 0 Å². The van der Waals surface area contributed by atoms with Crippen LogP contribution in [-0.4, -0.2) is 62.5 Å². The van der Waals surface area contributed by atoms with Crippen LogP contribution >= 0.6 is 11.3 Å². The lowest BCUT2D eigenvalue weighted by Crippen LogP contribution is -2.40. The first-order valence-electron chi connectivity index (χ1n) is 7.65. The van der Waals surface area contributed by atoms with Crippen LogP contribution < -0.4 is 0 Å². The molecule has 0 aromatic carbocycles. The number of amides is 1. The number of nitrogens with zero attached hydrogens (tertiary/aromatic N) is 2. The van der Waals surface area contributed by atoms with Gasteiger partial charge >= 0.3 is 5.97 Å². The third-order valence-corrected chi connectivity index (χ3v) is 6.16. The van der Waals surface area contributed by atoms with E-state index in [0.717, 1.165) is 11.1 Å². The molecule has 1 saturated heterocycles. The Bertz CT molecular complexity index is 664. The maximum absolute atomic E-state index is 12.0. The molecule has 0 aliphatic carbocycles. The summed E-state index contributed by atoms with van der Waals surface area (Å²) in [5, 5.41) is 1.94. The zero-order valence-electron chi connectivity index (χ0n) is 13.8. The smallest absolute Gasteiger partial charge is 0.309 e. The van der Waals surface area contributed by atoms with Gasteiger partial charge in [0.25, 0.3) is 5.91 Å². The molecule has 7 nitrogen and oxygen atoms in total. The van der Waals surface area contributed by atoms with Gasteiger partial charge in [0, 0.05) is 25.0 Å². The zero-order chi connectivity index (χ0) is 17.7. The van der Waals surface area contributed by atoms with Crippen molar-refractivity contribution >= 4 is 33.2 Å². The van der Waals surface area contributed by atoms with E-state index in [0.29, 0.717) is 32.5 Å². The van der Waals surface area contributed by atoms with E-state index in [2.05, 4.69) is 0 Å². The maximum Gasteiger partial charge on any atom is 0.309 e. The Labute approximate surface area is 146 Å². The molecule has 1 fully saturated rings. The number of carbonyl (C=O) groups is 2. The molecule has 1 amide bonds. The van der Waals surface area contributed by atoms with Gasteiger partial charge in [-0.3, -0.25) is 9.59 Å². The second-order valence-corrected chi connectivity index (χ2v) is 8.89. The van der Waals surface area contributed by atoms with E-state index in [1.54, 1.807) is 18.4 Å². The van der Waals surface area contributed by atoms with Crippen LogP contribution in [0.2, 0.25) is 0 Å². The summed E-state index contributed by atoms with van der Waals surface area (Å²) in [5.41, 5.74) is 0. The van der Waals surface area contributed by atoms with Crippen molar-refractivity contribution in [3.05, 3.63) is 22.4 Å². The summed E-state index contributed by atoms with van der Waals surface area (Å²) in [5.74, 6) is -1.04. The van der Waals surface area contributed by atoms with Gasteiger partial charge < -0.3 is 9.64 Å². The molecule has 1 aliphatic rings. The molecular weight excluding hydrogens is 352 g/mol. The monoisotopic (exact) mass is 374 g/mol. The molecule has 1 aliphatic heterocycles. The molecule has 0 radical (unpaired) electrons. The quantitative estimate of drug-likeness (QED) is 0.692. The molecule has 24 heavy (non-hydrogen) atoms. The van der Waals surface area contributed by atoms with Crippen LogP contribution in [-0.2, 0) is 30.9 Å². The Morgan fingerprint density at radius 3 is 2.58 bits per heavy atom. The maximum atomic E-state index is 12.0. The Kier molecular flexibility index (Phi) is 6.36. The van der Waals surface area contributed by atoms with Gasteiger partial charge in [0.05, 0.1) is 18.7 Å². The van der Waals surface area contributed by atoms with Gasteiger partial charge in [-0.25, -0.2) is 12.7 Å². The van der Waals surface area contributed by atoms with Crippen LogP contribution in [0.15, 0.2) is 17.5 Å². The first-order chi connectivity index (χ1) is 11.3. The number of carbonyl (C=O) groups excluding carboxylic acids is 2. The first kappa shape index (κ1) is 18.9. The zero-order valence-corrected chi connectivity index (χ0v) is 15.4.